The lowest BCUT2D eigenvalue weighted by Crippen LogP contribution is -2.33. The minimum absolute atomic E-state index is 0.117. The molecule has 0 saturated carbocycles. The molecule has 1 aliphatic carbocycles. The number of nitrogens with zero attached hydrogens (tertiary/aromatic N) is 5. The highest BCUT2D eigenvalue weighted by Gasteiger charge is 2.39. The van der Waals surface area contributed by atoms with Crippen molar-refractivity contribution in [2.24, 2.45) is 0 Å². The van der Waals surface area contributed by atoms with E-state index < -0.39 is 5.79 Å². The predicted molar refractivity (Wildman–Crippen MR) is 136 cm³/mol. The van der Waals surface area contributed by atoms with Gasteiger partial charge in [0.1, 0.15) is 17.5 Å². The molecule has 0 amide bonds. The first-order chi connectivity index (χ1) is 18.3. The van der Waals surface area contributed by atoms with E-state index in [9.17, 15) is 14.8 Å². The van der Waals surface area contributed by atoms with Gasteiger partial charge in [-0.05, 0) is 26.0 Å². The number of fused-ring (bicyclic) bond motifs is 6. The van der Waals surface area contributed by atoms with Gasteiger partial charge in [-0.3, -0.25) is 9.59 Å². The summed E-state index contributed by atoms with van der Waals surface area (Å²) in [5, 5.41) is 22.4. The Morgan fingerprint density at radius 2 is 1.82 bits per heavy atom. The number of carbonyl (C=O) groups excluding carboxylic acids is 2. The largest absolute Gasteiger partial charge is 0.618 e. The summed E-state index contributed by atoms with van der Waals surface area (Å²) in [5.74, 6) is -1.27. The van der Waals surface area contributed by atoms with Gasteiger partial charge in [0.2, 0.25) is 17.1 Å². The van der Waals surface area contributed by atoms with Gasteiger partial charge in [0, 0.05) is 17.0 Å². The first-order valence-corrected chi connectivity index (χ1v) is 12.4. The molecule has 10 heteroatoms. The van der Waals surface area contributed by atoms with Gasteiger partial charge < -0.3 is 19.2 Å². The van der Waals surface area contributed by atoms with Gasteiger partial charge in [-0.15, -0.1) is 5.10 Å². The molecule has 1 aliphatic heterocycles. The first kappa shape index (κ1) is 22.8. The van der Waals surface area contributed by atoms with Crippen LogP contribution < -0.4 is 4.73 Å². The molecule has 7 rings (SSSR count). The average molecular weight is 510 g/mol. The van der Waals surface area contributed by atoms with E-state index in [-0.39, 0.29) is 35.3 Å². The first-order valence-electron chi connectivity index (χ1n) is 12.4. The van der Waals surface area contributed by atoms with Gasteiger partial charge in [0.15, 0.2) is 12.0 Å². The lowest BCUT2D eigenvalue weighted by molar-refractivity contribution is -0.577. The zero-order valence-corrected chi connectivity index (χ0v) is 20.7. The van der Waals surface area contributed by atoms with Gasteiger partial charge in [-0.2, -0.15) is 4.73 Å². The maximum atomic E-state index is 14.1. The molecule has 0 radical (unpaired) electrons. The molecule has 2 aromatic carbocycles. The molecule has 0 bridgehead atoms. The van der Waals surface area contributed by atoms with Crippen LogP contribution >= 0.6 is 0 Å². The van der Waals surface area contributed by atoms with Crippen LogP contribution in [-0.4, -0.2) is 49.6 Å². The molecular weight excluding hydrogens is 486 g/mol. The molecule has 1 fully saturated rings. The molecule has 0 N–H and O–H groups in total. The fourth-order valence-corrected chi connectivity index (χ4v) is 5.60. The van der Waals surface area contributed by atoms with Crippen molar-refractivity contribution in [3.63, 3.8) is 0 Å². The number of para-hydroxylation sites is 2. The van der Waals surface area contributed by atoms with Gasteiger partial charge >= 0.3 is 0 Å². The molecular formula is C28H23N5O5. The van der Waals surface area contributed by atoms with Crippen LogP contribution in [0.3, 0.4) is 0 Å². The van der Waals surface area contributed by atoms with E-state index in [0.717, 1.165) is 5.52 Å². The van der Waals surface area contributed by atoms with E-state index in [4.69, 9.17) is 9.47 Å². The van der Waals surface area contributed by atoms with Gasteiger partial charge in [-0.1, -0.05) is 35.5 Å². The third-order valence-corrected chi connectivity index (χ3v) is 7.18. The summed E-state index contributed by atoms with van der Waals surface area (Å²) >= 11 is 0. The Balaban J connectivity index is 1.33. The van der Waals surface area contributed by atoms with E-state index in [2.05, 4.69) is 10.3 Å². The van der Waals surface area contributed by atoms with Crippen molar-refractivity contribution in [3.8, 4) is 0 Å². The van der Waals surface area contributed by atoms with Crippen molar-refractivity contribution < 1.29 is 23.8 Å². The topological polar surface area (TPSA) is 115 Å². The van der Waals surface area contributed by atoms with Crippen LogP contribution in [0.25, 0.3) is 21.8 Å². The summed E-state index contributed by atoms with van der Waals surface area (Å²) < 4.78 is 15.7. The number of ether oxygens (including phenoxy) is 2. The predicted octanol–water partition coefficient (Wildman–Crippen LogP) is 2.99. The Kier molecular flexibility index (Phi) is 4.82. The number of benzene rings is 2. The van der Waals surface area contributed by atoms with Crippen LogP contribution in [0.1, 0.15) is 51.5 Å². The summed E-state index contributed by atoms with van der Waals surface area (Å²) in [5.41, 5.74) is 2.66. The van der Waals surface area contributed by atoms with Gasteiger partial charge in [0.05, 0.1) is 48.0 Å². The smallest absolute Gasteiger partial charge is 0.224 e. The van der Waals surface area contributed by atoms with Crippen molar-refractivity contribution in [1.82, 2.24) is 19.6 Å². The molecule has 38 heavy (non-hydrogen) atoms. The second-order valence-electron chi connectivity index (χ2n) is 10.1. The molecule has 4 heterocycles. The van der Waals surface area contributed by atoms with Crippen LogP contribution in [0, 0.1) is 5.21 Å². The van der Waals surface area contributed by atoms with Gasteiger partial charge in [-0.25, -0.2) is 4.68 Å². The molecule has 3 aromatic heterocycles. The summed E-state index contributed by atoms with van der Waals surface area (Å²) in [7, 11) is 0. The molecule has 0 spiro atoms. The van der Waals surface area contributed by atoms with E-state index in [1.165, 1.54) is 6.20 Å². The Morgan fingerprint density at radius 1 is 1.05 bits per heavy atom. The minimum atomic E-state index is -0.629. The van der Waals surface area contributed by atoms with E-state index >= 15 is 0 Å². The Morgan fingerprint density at radius 3 is 2.61 bits per heavy atom. The quantitative estimate of drug-likeness (QED) is 0.265. The SMILES string of the molecule is CC1(C)OC[C@@H](Cn2cc(Cn3c4c(c5ccccc53)C(=O)c3c[n+]([O-])c5ccccc5c3C4=O)nn2)O1. The monoisotopic (exact) mass is 509 g/mol. The number of pyridine rings is 1. The zero-order valence-electron chi connectivity index (χ0n) is 20.7. The standard InChI is InChI=1S/C28H23N5O5/c1-28(2)37-15-17(38-28)13-31-11-16(29-30-31)12-32-21-9-5-3-7-18(21)24-25(32)27(35)23-19-8-4-6-10-22(19)33(36)14-20(23)26(24)34/h3-11,14,17H,12-13,15H2,1-2H3/t17-/m1/s1. The number of ketones is 2. The van der Waals surface area contributed by atoms with Crippen LogP contribution in [0.15, 0.2) is 60.9 Å². The fourth-order valence-electron chi connectivity index (χ4n) is 5.60. The fraction of sp³-hybridized carbons (Fsp3) is 0.250. The lowest BCUT2D eigenvalue weighted by atomic mass is 9.85. The van der Waals surface area contributed by atoms with Crippen molar-refractivity contribution >= 4 is 33.4 Å². The number of hydrogen-bond acceptors (Lipinski definition) is 7. The second kappa shape index (κ2) is 8.04. The molecule has 5 aromatic rings. The third kappa shape index (κ3) is 3.37. The zero-order chi connectivity index (χ0) is 26.2. The maximum absolute atomic E-state index is 14.1. The summed E-state index contributed by atoms with van der Waals surface area (Å²) in [6.45, 7) is 4.93. The molecule has 2 aliphatic rings. The number of aromatic nitrogens is 5. The van der Waals surface area contributed by atoms with Crippen molar-refractivity contribution in [2.45, 2.75) is 38.8 Å². The number of hydrogen-bond donors (Lipinski definition) is 0. The third-order valence-electron chi connectivity index (χ3n) is 7.18. The maximum Gasteiger partial charge on any atom is 0.224 e. The Bertz CT molecular complexity index is 1800. The van der Waals surface area contributed by atoms with Crippen LogP contribution in [0.5, 0.6) is 0 Å². The summed E-state index contributed by atoms with van der Waals surface area (Å²) in [6, 6.07) is 14.2. The molecule has 1 atom stereocenters. The highest BCUT2D eigenvalue weighted by molar-refractivity contribution is 6.34. The van der Waals surface area contributed by atoms with Crippen LogP contribution in [0.4, 0.5) is 0 Å². The second-order valence-corrected chi connectivity index (χ2v) is 10.1. The van der Waals surface area contributed by atoms with Crippen molar-refractivity contribution in [2.75, 3.05) is 6.61 Å². The van der Waals surface area contributed by atoms with Crippen molar-refractivity contribution in [3.05, 3.63) is 94.2 Å². The number of rotatable bonds is 4. The number of carbonyl (C=O) groups is 2. The van der Waals surface area contributed by atoms with Gasteiger partial charge in [0.25, 0.3) is 0 Å². The lowest BCUT2D eigenvalue weighted by Gasteiger charge is -2.18. The molecule has 10 nitrogen and oxygen atoms in total. The van der Waals surface area contributed by atoms with Crippen LogP contribution in [0.2, 0.25) is 0 Å². The van der Waals surface area contributed by atoms with Crippen LogP contribution in [-0.2, 0) is 22.6 Å². The Hall–Kier alpha value is -4.41. The average Bonchev–Trinajstić information content (AvgIpc) is 3.58. The molecule has 0 unspecified atom stereocenters. The highest BCUT2D eigenvalue weighted by atomic mass is 16.7. The van der Waals surface area contributed by atoms with E-state index in [0.29, 0.717) is 51.1 Å². The Labute approximate surface area is 216 Å². The minimum Gasteiger partial charge on any atom is -0.618 e. The molecule has 190 valence electrons. The summed E-state index contributed by atoms with van der Waals surface area (Å²) in [4.78, 5) is 27.9. The normalized spacial score (nSPS) is 18.3. The van der Waals surface area contributed by atoms with Crippen molar-refractivity contribution in [1.29, 1.82) is 0 Å². The molecule has 1 saturated heterocycles. The highest BCUT2D eigenvalue weighted by Crippen LogP contribution is 2.37. The summed E-state index contributed by atoms with van der Waals surface area (Å²) in [6.07, 6.45) is 2.89. The van der Waals surface area contributed by atoms with E-state index in [1.807, 2.05) is 48.9 Å². The van der Waals surface area contributed by atoms with E-state index in [1.54, 1.807) is 28.9 Å².